The molecule has 5 heteroatoms. The zero-order chi connectivity index (χ0) is 11.7. The molecule has 0 rings (SSSR count). The van der Waals surface area contributed by atoms with Crippen LogP contribution < -0.4 is 0 Å². The average molecular weight is 216 g/mol. The van der Waals surface area contributed by atoms with Crippen LogP contribution in [0.5, 0.6) is 0 Å². The monoisotopic (exact) mass is 216 g/mol. The first-order valence-corrected chi connectivity index (χ1v) is 4.70. The van der Waals surface area contributed by atoms with Crippen LogP contribution in [0.2, 0.25) is 0 Å². The van der Waals surface area contributed by atoms with E-state index in [0.717, 1.165) is 12.8 Å². The molecule has 0 fully saturated rings. The van der Waals surface area contributed by atoms with E-state index in [-0.39, 0.29) is 5.57 Å². The predicted octanol–water partition coefficient (Wildman–Crippen LogP) is 2.02. The second-order valence-electron chi connectivity index (χ2n) is 2.93. The Labute approximate surface area is 89.0 Å². The summed E-state index contributed by atoms with van der Waals surface area (Å²) in [7, 11) is 0. The number of rotatable bonds is 6. The minimum absolute atomic E-state index is 0.248. The van der Waals surface area contributed by atoms with Gasteiger partial charge in [0.05, 0.1) is 6.61 Å². The summed E-state index contributed by atoms with van der Waals surface area (Å²) in [5.41, 5.74) is 0.248. The van der Waals surface area contributed by atoms with Crippen LogP contribution in [0.1, 0.15) is 26.7 Å². The highest BCUT2D eigenvalue weighted by Gasteiger charge is 2.06. The number of carbonyl (C=O) groups excluding carboxylic acids is 2. The minimum Gasteiger partial charge on any atom is -0.434 e. The van der Waals surface area contributed by atoms with Gasteiger partial charge in [-0.2, -0.15) is 0 Å². The van der Waals surface area contributed by atoms with Crippen molar-refractivity contribution in [2.24, 2.45) is 0 Å². The Bertz CT molecular complexity index is 234. The molecule has 0 aromatic carbocycles. The maximum Gasteiger partial charge on any atom is 0.511 e. The Morgan fingerprint density at radius 1 is 1.20 bits per heavy atom. The quantitative estimate of drug-likeness (QED) is 0.294. The highest BCUT2D eigenvalue weighted by Crippen LogP contribution is 1.95. The zero-order valence-corrected chi connectivity index (χ0v) is 9.08. The van der Waals surface area contributed by atoms with Gasteiger partial charge in [0.2, 0.25) is 6.79 Å². The first-order chi connectivity index (χ1) is 7.07. The van der Waals surface area contributed by atoms with E-state index in [1.165, 1.54) is 6.92 Å². The van der Waals surface area contributed by atoms with E-state index in [0.29, 0.717) is 6.61 Å². The molecule has 0 aliphatic rings. The Hall–Kier alpha value is -1.52. The van der Waals surface area contributed by atoms with Gasteiger partial charge in [-0.15, -0.1) is 0 Å². The average Bonchev–Trinajstić information content (AvgIpc) is 2.18. The van der Waals surface area contributed by atoms with Gasteiger partial charge in [0, 0.05) is 5.57 Å². The van der Waals surface area contributed by atoms with Gasteiger partial charge < -0.3 is 14.2 Å². The van der Waals surface area contributed by atoms with Crippen LogP contribution >= 0.6 is 0 Å². The lowest BCUT2D eigenvalue weighted by Crippen LogP contribution is -2.14. The van der Waals surface area contributed by atoms with E-state index in [1.807, 2.05) is 6.92 Å². The Kier molecular flexibility index (Phi) is 7.05. The van der Waals surface area contributed by atoms with Gasteiger partial charge in [-0.3, -0.25) is 0 Å². The van der Waals surface area contributed by atoms with E-state index < -0.39 is 18.9 Å². The molecule has 15 heavy (non-hydrogen) atoms. The fourth-order valence-electron chi connectivity index (χ4n) is 0.596. The van der Waals surface area contributed by atoms with Gasteiger partial charge in [0.1, 0.15) is 0 Å². The van der Waals surface area contributed by atoms with Crippen LogP contribution in [0.4, 0.5) is 4.79 Å². The molecule has 0 aromatic heterocycles. The summed E-state index contributed by atoms with van der Waals surface area (Å²) >= 11 is 0. The lowest BCUT2D eigenvalue weighted by atomic mass is 10.4. The van der Waals surface area contributed by atoms with E-state index in [1.54, 1.807) is 0 Å². The summed E-state index contributed by atoms with van der Waals surface area (Å²) in [5.74, 6) is -0.601. The fraction of sp³-hybridized carbons (Fsp3) is 0.600. The molecule has 0 atom stereocenters. The SMILES string of the molecule is C=C(C)C(=O)OCOC(=O)OCCCC. The second kappa shape index (κ2) is 7.84. The number of hydrogen-bond donors (Lipinski definition) is 0. The summed E-state index contributed by atoms with van der Waals surface area (Å²) in [6, 6.07) is 0. The maximum atomic E-state index is 10.8. The lowest BCUT2D eigenvalue weighted by Gasteiger charge is -2.06. The molecule has 0 aliphatic carbocycles. The Balaban J connectivity index is 3.47. The topological polar surface area (TPSA) is 61.8 Å². The number of esters is 1. The van der Waals surface area contributed by atoms with E-state index in [9.17, 15) is 9.59 Å². The van der Waals surface area contributed by atoms with Crippen molar-refractivity contribution >= 4 is 12.1 Å². The zero-order valence-electron chi connectivity index (χ0n) is 9.08. The standard InChI is InChI=1S/C10H16O5/c1-4-5-6-13-10(12)15-7-14-9(11)8(2)3/h2,4-7H2,1,3H3. The van der Waals surface area contributed by atoms with Gasteiger partial charge in [0.25, 0.3) is 0 Å². The largest absolute Gasteiger partial charge is 0.511 e. The van der Waals surface area contributed by atoms with Gasteiger partial charge in [-0.1, -0.05) is 19.9 Å². The Morgan fingerprint density at radius 2 is 1.87 bits per heavy atom. The first-order valence-electron chi connectivity index (χ1n) is 4.70. The molecule has 0 radical (unpaired) electrons. The third-order valence-corrected chi connectivity index (χ3v) is 1.43. The molecule has 0 amide bonds. The van der Waals surface area contributed by atoms with Gasteiger partial charge >= 0.3 is 12.1 Å². The number of unbranched alkanes of at least 4 members (excludes halogenated alkanes) is 1. The van der Waals surface area contributed by atoms with Crippen LogP contribution in [-0.4, -0.2) is 25.5 Å². The molecule has 0 unspecified atom stereocenters. The molecule has 0 saturated carbocycles. The van der Waals surface area contributed by atoms with Crippen molar-refractivity contribution in [1.29, 1.82) is 0 Å². The van der Waals surface area contributed by atoms with E-state index in [2.05, 4.69) is 20.8 Å². The third-order valence-electron chi connectivity index (χ3n) is 1.43. The first kappa shape index (κ1) is 13.5. The summed E-state index contributed by atoms with van der Waals surface area (Å²) in [6.45, 7) is 6.71. The number of ether oxygens (including phenoxy) is 3. The molecule has 0 bridgehead atoms. The summed E-state index contributed by atoms with van der Waals surface area (Å²) in [4.78, 5) is 21.6. The molecule has 5 nitrogen and oxygen atoms in total. The molecule has 0 aromatic rings. The molecule has 0 aliphatic heterocycles. The highest BCUT2D eigenvalue weighted by atomic mass is 16.8. The summed E-state index contributed by atoms with van der Waals surface area (Å²) in [6.07, 6.45) is 0.872. The van der Waals surface area contributed by atoms with Crippen molar-refractivity contribution in [2.75, 3.05) is 13.4 Å². The van der Waals surface area contributed by atoms with E-state index in [4.69, 9.17) is 0 Å². The van der Waals surface area contributed by atoms with Crippen molar-refractivity contribution < 1.29 is 23.8 Å². The molecule has 0 heterocycles. The van der Waals surface area contributed by atoms with Crippen molar-refractivity contribution in [1.82, 2.24) is 0 Å². The summed E-state index contributed by atoms with van der Waals surface area (Å²) < 4.78 is 13.6. The summed E-state index contributed by atoms with van der Waals surface area (Å²) in [5, 5.41) is 0. The van der Waals surface area contributed by atoms with Gasteiger partial charge in [-0.25, -0.2) is 9.59 Å². The van der Waals surface area contributed by atoms with Crippen LogP contribution in [0.25, 0.3) is 0 Å². The number of carbonyl (C=O) groups is 2. The smallest absolute Gasteiger partial charge is 0.434 e. The Morgan fingerprint density at radius 3 is 2.40 bits per heavy atom. The maximum absolute atomic E-state index is 10.8. The molecular weight excluding hydrogens is 200 g/mol. The van der Waals surface area contributed by atoms with Crippen molar-refractivity contribution in [3.8, 4) is 0 Å². The number of hydrogen-bond acceptors (Lipinski definition) is 5. The molecule has 0 spiro atoms. The molecule has 0 N–H and O–H groups in total. The normalized spacial score (nSPS) is 9.20. The van der Waals surface area contributed by atoms with Gasteiger partial charge in [0.15, 0.2) is 0 Å². The van der Waals surface area contributed by atoms with Crippen LogP contribution in [0, 0.1) is 0 Å². The van der Waals surface area contributed by atoms with Crippen molar-refractivity contribution in [3.05, 3.63) is 12.2 Å². The van der Waals surface area contributed by atoms with Crippen molar-refractivity contribution in [2.45, 2.75) is 26.7 Å². The molecule has 0 saturated heterocycles. The van der Waals surface area contributed by atoms with Crippen molar-refractivity contribution in [3.63, 3.8) is 0 Å². The third kappa shape index (κ3) is 7.54. The van der Waals surface area contributed by atoms with E-state index >= 15 is 0 Å². The second-order valence-corrected chi connectivity index (χ2v) is 2.93. The van der Waals surface area contributed by atoms with Gasteiger partial charge in [-0.05, 0) is 13.3 Å². The van der Waals surface area contributed by atoms with Crippen LogP contribution in [0.15, 0.2) is 12.2 Å². The highest BCUT2D eigenvalue weighted by molar-refractivity contribution is 5.86. The molecule has 86 valence electrons. The minimum atomic E-state index is -0.835. The lowest BCUT2D eigenvalue weighted by molar-refractivity contribution is -0.148. The van der Waals surface area contributed by atoms with Crippen LogP contribution in [0.3, 0.4) is 0 Å². The predicted molar refractivity (Wildman–Crippen MR) is 53.1 cm³/mol. The fourth-order valence-corrected chi connectivity index (χ4v) is 0.596. The van der Waals surface area contributed by atoms with Crippen LogP contribution in [-0.2, 0) is 19.0 Å². The molecular formula is C10H16O5.